The van der Waals surface area contributed by atoms with Gasteiger partial charge in [0.15, 0.2) is 0 Å². The zero-order valence-corrected chi connectivity index (χ0v) is 11.1. The summed E-state index contributed by atoms with van der Waals surface area (Å²) in [5, 5.41) is 0. The fraction of sp³-hybridized carbons (Fsp3) is 1.00. The van der Waals surface area contributed by atoms with Crippen LogP contribution in [0.25, 0.3) is 0 Å². The molecule has 4 heteroatoms. The van der Waals surface area contributed by atoms with Gasteiger partial charge in [0.2, 0.25) is 0 Å². The summed E-state index contributed by atoms with van der Waals surface area (Å²) >= 11 is 5.72. The van der Waals surface area contributed by atoms with E-state index >= 15 is 0 Å². The lowest BCUT2D eigenvalue weighted by Gasteiger charge is -2.23. The molecule has 0 bridgehead atoms. The molecule has 0 aromatic heterocycles. The van der Waals surface area contributed by atoms with Gasteiger partial charge in [0.1, 0.15) is 0 Å². The van der Waals surface area contributed by atoms with Crippen LogP contribution >= 0.6 is 18.1 Å². The van der Waals surface area contributed by atoms with Gasteiger partial charge in [0, 0.05) is 0 Å². The lowest BCUT2D eigenvalue weighted by Crippen LogP contribution is -2.03. The monoisotopic (exact) mass is 223 g/mol. The van der Waals surface area contributed by atoms with Crippen molar-refractivity contribution >= 4 is 27.1 Å². The van der Waals surface area contributed by atoms with Crippen molar-refractivity contribution in [3.8, 4) is 0 Å². The first-order chi connectivity index (χ1) is 5.60. The number of hydrogen-bond donors (Lipinski definition) is 0. The molecule has 0 aliphatic heterocycles. The maximum Gasteiger partial charge on any atom is 0.330 e. The molecule has 0 saturated heterocycles. The van der Waals surface area contributed by atoms with Crippen LogP contribution in [-0.4, -0.2) is 27.5 Å². The topological polar surface area (TPSA) is 12.4 Å². The molecule has 0 spiro atoms. The first-order valence-corrected chi connectivity index (χ1v) is 8.79. The smallest absolute Gasteiger partial charge is 0.319 e. The molecular weight excluding hydrogens is 205 g/mol. The van der Waals surface area contributed by atoms with Gasteiger partial charge in [-0.3, -0.25) is 0 Å². The third-order valence-electron chi connectivity index (χ3n) is 2.13. The Balaban J connectivity index is 4.47. The summed E-state index contributed by atoms with van der Waals surface area (Å²) in [6.07, 6.45) is 3.72. The van der Waals surface area contributed by atoms with Crippen LogP contribution in [0.4, 0.5) is 0 Å². The van der Waals surface area contributed by atoms with Crippen molar-refractivity contribution in [2.24, 2.45) is 10.3 Å². The highest BCUT2D eigenvalue weighted by atomic mass is 35.6. The summed E-state index contributed by atoms with van der Waals surface area (Å²) in [4.78, 5) is 0. The van der Waals surface area contributed by atoms with Crippen molar-refractivity contribution < 1.29 is 0 Å². The number of nitrogens with zero attached hydrogens (tertiary/aromatic N) is 1. The molecule has 0 amide bonds. The molecule has 0 rings (SSSR count). The minimum atomic E-state index is -1.01. The van der Waals surface area contributed by atoms with E-state index in [4.69, 9.17) is 11.1 Å². The number of rotatable bonds is 5. The van der Waals surface area contributed by atoms with Gasteiger partial charge >= 0.3 is 8.99 Å². The summed E-state index contributed by atoms with van der Waals surface area (Å²) in [5.41, 5.74) is 0. The molecule has 0 aromatic carbocycles. The average Bonchev–Trinajstić information content (AvgIpc) is 2.03. The molecule has 12 heavy (non-hydrogen) atoms. The van der Waals surface area contributed by atoms with Crippen LogP contribution in [-0.2, 0) is 0 Å². The molecule has 0 heterocycles. The maximum absolute atomic E-state index is 5.72. The lowest BCUT2D eigenvalue weighted by molar-refractivity contribution is 0.741. The van der Waals surface area contributed by atoms with Gasteiger partial charge in [-0.05, 0) is 31.5 Å². The Kier molecular flexibility index (Phi) is 6.61. The van der Waals surface area contributed by atoms with E-state index in [2.05, 4.69) is 32.1 Å². The van der Waals surface area contributed by atoms with Crippen LogP contribution in [0.15, 0.2) is 4.41 Å². The van der Waals surface area contributed by atoms with Gasteiger partial charge in [-0.25, -0.2) is 0 Å². The minimum absolute atomic E-state index is 0.269. The van der Waals surface area contributed by atoms with Crippen LogP contribution in [0.3, 0.4) is 0 Å². The summed E-state index contributed by atoms with van der Waals surface area (Å²) < 4.78 is 4.64. The Bertz CT molecular complexity index is 162. The lowest BCUT2D eigenvalue weighted by atomic mass is 10.3. The standard InChI is InChI=1S/C8H19ClNPSi/c1-5-11(6-2,10-12-9)7-8(3)4/h8H,5-7H2,1-4H3. The van der Waals surface area contributed by atoms with E-state index in [1.165, 1.54) is 18.5 Å². The summed E-state index contributed by atoms with van der Waals surface area (Å²) in [6.45, 7) is 9.04. The van der Waals surface area contributed by atoms with Gasteiger partial charge in [-0.2, -0.15) is 0 Å². The second kappa shape index (κ2) is 6.23. The number of hydrogen-bond acceptors (Lipinski definition) is 1. The van der Waals surface area contributed by atoms with Gasteiger partial charge < -0.3 is 4.41 Å². The highest BCUT2D eigenvalue weighted by Crippen LogP contribution is 2.49. The molecule has 0 aliphatic rings. The van der Waals surface area contributed by atoms with Crippen molar-refractivity contribution in [1.82, 2.24) is 0 Å². The third kappa shape index (κ3) is 4.11. The highest BCUT2D eigenvalue weighted by Gasteiger charge is 2.15. The molecule has 0 saturated carbocycles. The van der Waals surface area contributed by atoms with E-state index in [0.29, 0.717) is 0 Å². The molecule has 72 valence electrons. The van der Waals surface area contributed by atoms with E-state index in [1.807, 2.05) is 0 Å². The molecule has 0 unspecified atom stereocenters. The largest absolute Gasteiger partial charge is 0.330 e. The quantitative estimate of drug-likeness (QED) is 0.383. The Hall–Kier alpha value is 0.737. The Morgan fingerprint density at radius 3 is 2.08 bits per heavy atom. The van der Waals surface area contributed by atoms with Gasteiger partial charge in [0.25, 0.3) is 0 Å². The molecule has 2 radical (unpaired) electrons. The second-order valence-corrected chi connectivity index (χ2v) is 8.78. The summed E-state index contributed by atoms with van der Waals surface area (Å²) in [5.74, 6) is 0.759. The second-order valence-electron chi connectivity index (χ2n) is 3.49. The average molecular weight is 224 g/mol. The Labute approximate surface area is 83.9 Å². The summed E-state index contributed by atoms with van der Waals surface area (Å²) in [7, 11) is -0.740. The van der Waals surface area contributed by atoms with Crippen LogP contribution in [0.5, 0.6) is 0 Å². The third-order valence-corrected chi connectivity index (χ3v) is 8.58. The van der Waals surface area contributed by atoms with Crippen LogP contribution in [0, 0.1) is 5.92 Å². The molecule has 0 fully saturated rings. The van der Waals surface area contributed by atoms with Crippen molar-refractivity contribution in [2.45, 2.75) is 27.7 Å². The van der Waals surface area contributed by atoms with Gasteiger partial charge in [-0.1, -0.05) is 27.7 Å². The number of halogens is 1. The highest BCUT2D eigenvalue weighted by molar-refractivity contribution is 7.67. The van der Waals surface area contributed by atoms with E-state index in [1.54, 1.807) is 0 Å². The zero-order chi connectivity index (χ0) is 9.61. The van der Waals surface area contributed by atoms with E-state index in [-0.39, 0.29) is 8.99 Å². The molecule has 1 nitrogen and oxygen atoms in total. The van der Waals surface area contributed by atoms with Crippen molar-refractivity contribution in [3.05, 3.63) is 0 Å². The molecule has 0 N–H and O–H groups in total. The van der Waals surface area contributed by atoms with Crippen molar-refractivity contribution in [3.63, 3.8) is 0 Å². The molecular formula is C8H19ClNPSi. The predicted octanol–water partition coefficient (Wildman–Crippen LogP) is 3.66. The normalized spacial score (nSPS) is 12.2. The first-order valence-electron chi connectivity index (χ1n) is 4.54. The van der Waals surface area contributed by atoms with E-state index < -0.39 is 7.05 Å². The Morgan fingerprint density at radius 2 is 1.83 bits per heavy atom. The molecule has 0 aromatic rings. The SMILES string of the molecule is CCP(CC)(CC(C)C)=N[Si]Cl. The maximum atomic E-state index is 5.72. The fourth-order valence-corrected chi connectivity index (χ4v) is 7.29. The van der Waals surface area contributed by atoms with Crippen molar-refractivity contribution in [1.29, 1.82) is 0 Å². The van der Waals surface area contributed by atoms with Crippen LogP contribution in [0.2, 0.25) is 0 Å². The van der Waals surface area contributed by atoms with E-state index in [0.717, 1.165) is 5.92 Å². The van der Waals surface area contributed by atoms with E-state index in [9.17, 15) is 0 Å². The van der Waals surface area contributed by atoms with Crippen LogP contribution in [0.1, 0.15) is 27.7 Å². The Morgan fingerprint density at radius 1 is 1.33 bits per heavy atom. The summed E-state index contributed by atoms with van der Waals surface area (Å²) in [6, 6.07) is 0. The first kappa shape index (κ1) is 12.7. The van der Waals surface area contributed by atoms with Crippen LogP contribution < -0.4 is 0 Å². The zero-order valence-electron chi connectivity index (χ0n) is 8.47. The minimum Gasteiger partial charge on any atom is -0.319 e. The predicted molar refractivity (Wildman–Crippen MR) is 61.7 cm³/mol. The molecule has 0 atom stereocenters. The fourth-order valence-electron chi connectivity index (χ4n) is 1.42. The molecule has 0 aliphatic carbocycles. The van der Waals surface area contributed by atoms with Crippen molar-refractivity contribution in [2.75, 3.05) is 18.5 Å². The van der Waals surface area contributed by atoms with Gasteiger partial charge in [-0.15, -0.1) is 11.1 Å². The van der Waals surface area contributed by atoms with Gasteiger partial charge in [0.05, 0.1) is 0 Å².